The average molecular weight is 375 g/mol. The molecule has 0 amide bonds. The maximum absolute atomic E-state index is 9.97. The van der Waals surface area contributed by atoms with E-state index in [9.17, 15) is 5.11 Å². The SMILES string of the molecule is CC1CN(c2c(CO)cc3c(-c4ccncn4)noc3c2Cl)CC(C)O1. The normalized spacial score (nSPS) is 20.7. The molecule has 1 fully saturated rings. The number of aliphatic hydroxyl groups excluding tert-OH is 1. The second kappa shape index (κ2) is 6.83. The molecule has 2 atom stereocenters. The number of benzene rings is 1. The lowest BCUT2D eigenvalue weighted by atomic mass is 10.0. The summed E-state index contributed by atoms with van der Waals surface area (Å²) in [6, 6.07) is 3.62. The van der Waals surface area contributed by atoms with Crippen molar-refractivity contribution in [3.05, 3.63) is 35.2 Å². The van der Waals surface area contributed by atoms with Crippen molar-refractivity contribution in [2.24, 2.45) is 0 Å². The number of aliphatic hydroxyl groups is 1. The molecular formula is C18H19ClN4O3. The molecule has 1 N–H and O–H groups in total. The van der Waals surface area contributed by atoms with Crippen molar-refractivity contribution < 1.29 is 14.4 Å². The number of rotatable bonds is 3. The molecule has 0 saturated carbocycles. The third kappa shape index (κ3) is 2.92. The summed E-state index contributed by atoms with van der Waals surface area (Å²) in [5.74, 6) is 0. The topological polar surface area (TPSA) is 84.5 Å². The fourth-order valence-electron chi connectivity index (χ4n) is 3.52. The van der Waals surface area contributed by atoms with E-state index in [2.05, 4.69) is 20.0 Å². The van der Waals surface area contributed by atoms with Crippen molar-refractivity contribution in [1.82, 2.24) is 15.1 Å². The monoisotopic (exact) mass is 374 g/mol. The minimum absolute atomic E-state index is 0.0726. The zero-order valence-electron chi connectivity index (χ0n) is 14.5. The first-order valence-corrected chi connectivity index (χ1v) is 8.84. The first-order chi connectivity index (χ1) is 12.6. The number of fused-ring (bicyclic) bond motifs is 1. The van der Waals surface area contributed by atoms with Gasteiger partial charge >= 0.3 is 0 Å². The van der Waals surface area contributed by atoms with Gasteiger partial charge in [0.15, 0.2) is 5.58 Å². The van der Waals surface area contributed by atoms with E-state index in [0.29, 0.717) is 35.1 Å². The molecule has 0 aliphatic carbocycles. The van der Waals surface area contributed by atoms with E-state index in [1.165, 1.54) is 6.33 Å². The Morgan fingerprint density at radius 1 is 1.31 bits per heavy atom. The molecule has 3 heterocycles. The average Bonchev–Trinajstić information content (AvgIpc) is 3.05. The lowest BCUT2D eigenvalue weighted by molar-refractivity contribution is -0.00531. The van der Waals surface area contributed by atoms with Gasteiger partial charge < -0.3 is 19.3 Å². The van der Waals surface area contributed by atoms with E-state index in [0.717, 1.165) is 16.6 Å². The Hall–Kier alpha value is -2.22. The van der Waals surface area contributed by atoms with Crippen molar-refractivity contribution in [2.45, 2.75) is 32.7 Å². The molecule has 1 saturated heterocycles. The molecular weight excluding hydrogens is 356 g/mol. The van der Waals surface area contributed by atoms with Gasteiger partial charge in [-0.1, -0.05) is 16.8 Å². The molecule has 136 valence electrons. The minimum Gasteiger partial charge on any atom is -0.392 e. The first kappa shape index (κ1) is 17.2. The summed E-state index contributed by atoms with van der Waals surface area (Å²) < 4.78 is 11.3. The van der Waals surface area contributed by atoms with E-state index in [1.807, 2.05) is 19.9 Å². The van der Waals surface area contributed by atoms with Gasteiger partial charge in [-0.2, -0.15) is 0 Å². The molecule has 2 aromatic heterocycles. The quantitative estimate of drug-likeness (QED) is 0.754. The van der Waals surface area contributed by atoms with Crippen LogP contribution in [0.15, 0.2) is 29.2 Å². The van der Waals surface area contributed by atoms with Gasteiger partial charge in [0.25, 0.3) is 0 Å². The second-order valence-electron chi connectivity index (χ2n) is 6.52. The highest BCUT2D eigenvalue weighted by molar-refractivity contribution is 6.38. The number of hydrogen-bond acceptors (Lipinski definition) is 7. The number of ether oxygens (including phenoxy) is 1. The Labute approximate surface area is 155 Å². The van der Waals surface area contributed by atoms with Crippen molar-refractivity contribution in [1.29, 1.82) is 0 Å². The molecule has 7 nitrogen and oxygen atoms in total. The van der Waals surface area contributed by atoms with E-state index >= 15 is 0 Å². The summed E-state index contributed by atoms with van der Waals surface area (Å²) in [5.41, 5.74) is 3.20. The Morgan fingerprint density at radius 3 is 2.73 bits per heavy atom. The minimum atomic E-state index is -0.139. The van der Waals surface area contributed by atoms with Crippen molar-refractivity contribution in [3.63, 3.8) is 0 Å². The van der Waals surface area contributed by atoms with Crippen molar-refractivity contribution in [3.8, 4) is 11.4 Å². The molecule has 0 bridgehead atoms. The van der Waals surface area contributed by atoms with E-state index in [-0.39, 0.29) is 18.8 Å². The molecule has 1 aliphatic heterocycles. The summed E-state index contributed by atoms with van der Waals surface area (Å²) in [6.45, 7) is 5.29. The summed E-state index contributed by atoms with van der Waals surface area (Å²) in [4.78, 5) is 10.3. The van der Waals surface area contributed by atoms with E-state index in [4.69, 9.17) is 20.9 Å². The lowest BCUT2D eigenvalue weighted by Crippen LogP contribution is -2.46. The van der Waals surface area contributed by atoms with Gasteiger partial charge in [0, 0.05) is 24.8 Å². The zero-order valence-corrected chi connectivity index (χ0v) is 15.3. The van der Waals surface area contributed by atoms with Gasteiger partial charge in [-0.15, -0.1) is 0 Å². The van der Waals surface area contributed by atoms with Crippen molar-refractivity contribution in [2.75, 3.05) is 18.0 Å². The molecule has 0 spiro atoms. The van der Waals surface area contributed by atoms with Gasteiger partial charge in [-0.25, -0.2) is 9.97 Å². The van der Waals surface area contributed by atoms with Crippen LogP contribution in [-0.2, 0) is 11.3 Å². The number of aromatic nitrogens is 3. The van der Waals surface area contributed by atoms with Crippen LogP contribution in [-0.4, -0.2) is 45.5 Å². The van der Waals surface area contributed by atoms with Gasteiger partial charge in [0.2, 0.25) is 0 Å². The molecule has 1 aromatic carbocycles. The summed E-state index contributed by atoms with van der Waals surface area (Å²) in [7, 11) is 0. The van der Waals surface area contributed by atoms with Crippen LogP contribution in [0, 0.1) is 0 Å². The molecule has 8 heteroatoms. The number of morpholine rings is 1. The fraction of sp³-hybridized carbons (Fsp3) is 0.389. The van der Waals surface area contributed by atoms with Crippen LogP contribution in [0.5, 0.6) is 0 Å². The summed E-state index contributed by atoms with van der Waals surface area (Å²) in [6.07, 6.45) is 3.24. The molecule has 2 unspecified atom stereocenters. The molecule has 1 aliphatic rings. The van der Waals surface area contributed by atoms with Crippen LogP contribution in [0.1, 0.15) is 19.4 Å². The number of hydrogen-bond donors (Lipinski definition) is 1. The van der Waals surface area contributed by atoms with Gasteiger partial charge in [0.1, 0.15) is 17.0 Å². The highest BCUT2D eigenvalue weighted by Crippen LogP contribution is 2.41. The Kier molecular flexibility index (Phi) is 4.52. The lowest BCUT2D eigenvalue weighted by Gasteiger charge is -2.38. The molecule has 0 radical (unpaired) electrons. The second-order valence-corrected chi connectivity index (χ2v) is 6.90. The van der Waals surface area contributed by atoms with Crippen LogP contribution in [0.4, 0.5) is 5.69 Å². The standard InChI is InChI=1S/C18H19ClN4O3/c1-10-6-23(7-11(2)25-10)17-12(8-24)5-13-16(14-3-4-20-9-21-14)22-26-18(13)15(17)19/h3-5,9-11,24H,6-8H2,1-2H3. The third-order valence-electron chi connectivity index (χ3n) is 4.49. The Morgan fingerprint density at radius 2 is 2.08 bits per heavy atom. The van der Waals surface area contributed by atoms with Gasteiger partial charge in [0.05, 0.1) is 35.6 Å². The summed E-state index contributed by atoms with van der Waals surface area (Å²) in [5, 5.41) is 15.3. The summed E-state index contributed by atoms with van der Waals surface area (Å²) >= 11 is 6.69. The third-order valence-corrected chi connectivity index (χ3v) is 4.84. The Balaban J connectivity index is 1.86. The zero-order chi connectivity index (χ0) is 18.3. The fourth-order valence-corrected chi connectivity index (χ4v) is 3.90. The molecule has 26 heavy (non-hydrogen) atoms. The van der Waals surface area contributed by atoms with Gasteiger partial charge in [-0.3, -0.25) is 0 Å². The van der Waals surface area contributed by atoms with Crippen LogP contribution in [0.3, 0.4) is 0 Å². The highest BCUT2D eigenvalue weighted by atomic mass is 35.5. The van der Waals surface area contributed by atoms with E-state index < -0.39 is 0 Å². The maximum Gasteiger partial charge on any atom is 0.188 e. The maximum atomic E-state index is 9.97. The number of halogens is 1. The van der Waals surface area contributed by atoms with Crippen LogP contribution in [0.25, 0.3) is 22.4 Å². The number of nitrogens with zero attached hydrogens (tertiary/aromatic N) is 4. The molecule has 3 aromatic rings. The van der Waals surface area contributed by atoms with Crippen LogP contribution < -0.4 is 4.90 Å². The molecule has 4 rings (SSSR count). The highest BCUT2D eigenvalue weighted by Gasteiger charge is 2.28. The first-order valence-electron chi connectivity index (χ1n) is 8.47. The van der Waals surface area contributed by atoms with Crippen LogP contribution in [0.2, 0.25) is 5.02 Å². The van der Waals surface area contributed by atoms with Crippen molar-refractivity contribution >= 4 is 28.3 Å². The predicted octanol–water partition coefficient (Wildman–Crippen LogP) is 3.04. The van der Waals surface area contributed by atoms with E-state index in [1.54, 1.807) is 12.3 Å². The van der Waals surface area contributed by atoms with Crippen LogP contribution >= 0.6 is 11.6 Å². The Bertz CT molecular complexity index is 921. The predicted molar refractivity (Wildman–Crippen MR) is 98.2 cm³/mol. The largest absolute Gasteiger partial charge is 0.392 e. The smallest absolute Gasteiger partial charge is 0.188 e. The van der Waals surface area contributed by atoms with Gasteiger partial charge in [-0.05, 0) is 26.0 Å². The number of anilines is 1.